The maximum Gasteiger partial charge on any atom is 0.258 e. The molecule has 5 aliphatic heterocycles. The minimum atomic E-state index is -0.472. The van der Waals surface area contributed by atoms with E-state index in [9.17, 15) is 14.4 Å². The molecule has 0 aliphatic carbocycles. The highest BCUT2D eigenvalue weighted by Crippen LogP contribution is 2.29. The number of rotatable bonds is 3. The first-order valence-electron chi connectivity index (χ1n) is 15.3. The molecule has 0 unspecified atom stereocenters. The highest BCUT2D eigenvalue weighted by molar-refractivity contribution is 5.95. The van der Waals surface area contributed by atoms with Gasteiger partial charge in [0, 0.05) is 30.8 Å². The fourth-order valence-corrected chi connectivity index (χ4v) is 5.82. The molecular weight excluding hydrogens is 586 g/mol. The predicted molar refractivity (Wildman–Crippen MR) is 170 cm³/mol. The third kappa shape index (κ3) is 6.98. The number of carbonyl (C=O) groups is 3. The minimum Gasteiger partial charge on any atom is -0.493 e. The van der Waals surface area contributed by atoms with Crippen LogP contribution in [-0.4, -0.2) is 71.4 Å². The molecule has 0 saturated carbocycles. The average molecular weight is 624 g/mol. The molecule has 5 aliphatic rings. The van der Waals surface area contributed by atoms with Crippen LogP contribution in [0.2, 0.25) is 0 Å². The van der Waals surface area contributed by atoms with Gasteiger partial charge in [0.25, 0.3) is 11.8 Å². The van der Waals surface area contributed by atoms with E-state index in [2.05, 4.69) is 15.7 Å². The summed E-state index contributed by atoms with van der Waals surface area (Å²) >= 11 is 0. The molecule has 1 aromatic heterocycles. The lowest BCUT2D eigenvalue weighted by Crippen LogP contribution is -2.45. The van der Waals surface area contributed by atoms with E-state index in [0.717, 1.165) is 28.2 Å². The normalized spacial score (nSPS) is 18.6. The molecule has 6 heterocycles. The second-order valence-electron chi connectivity index (χ2n) is 11.6. The molecular formula is C35H37N5O6. The van der Waals surface area contributed by atoms with E-state index in [-0.39, 0.29) is 30.7 Å². The Morgan fingerprint density at radius 1 is 0.935 bits per heavy atom. The SMILES string of the molecule is COc1cc2ccc1OCC(=O)NCc1ccc(cc1)O[C@H]1CN(C(=O)c3cccc(-n4nc(C)cc4C)c3)C[C@@H]1NC(=O)CC2. The topological polar surface area (TPSA) is 124 Å². The van der Waals surface area contributed by atoms with Crippen molar-refractivity contribution in [2.45, 2.75) is 45.4 Å². The Morgan fingerprint density at radius 2 is 1.74 bits per heavy atom. The number of hydrogen-bond acceptors (Lipinski definition) is 7. The summed E-state index contributed by atoms with van der Waals surface area (Å²) in [5, 5.41) is 10.5. The van der Waals surface area contributed by atoms with Gasteiger partial charge in [0.15, 0.2) is 18.1 Å². The summed E-state index contributed by atoms with van der Waals surface area (Å²) in [6.45, 7) is 4.66. The van der Waals surface area contributed by atoms with Crippen LogP contribution >= 0.6 is 0 Å². The van der Waals surface area contributed by atoms with E-state index >= 15 is 0 Å². The van der Waals surface area contributed by atoms with Gasteiger partial charge in [0.05, 0.1) is 31.1 Å². The first kappa shape index (κ1) is 30.7. The van der Waals surface area contributed by atoms with Gasteiger partial charge in [-0.05, 0) is 79.9 Å². The van der Waals surface area contributed by atoms with Crippen molar-refractivity contribution >= 4 is 17.7 Å². The summed E-state index contributed by atoms with van der Waals surface area (Å²) in [5.74, 6) is 0.956. The number of ether oxygens (including phenoxy) is 3. The molecule has 4 aromatic rings. The van der Waals surface area contributed by atoms with Crippen LogP contribution in [0, 0.1) is 13.8 Å². The van der Waals surface area contributed by atoms with Crippen molar-refractivity contribution in [2.24, 2.45) is 0 Å². The molecule has 2 atom stereocenters. The highest BCUT2D eigenvalue weighted by atomic mass is 16.5. The zero-order valence-corrected chi connectivity index (χ0v) is 26.1. The number of likely N-dealkylation sites (tertiary alicyclic amines) is 1. The molecule has 4 bridgehead atoms. The largest absolute Gasteiger partial charge is 0.493 e. The maximum absolute atomic E-state index is 13.8. The Kier molecular flexibility index (Phi) is 8.91. The summed E-state index contributed by atoms with van der Waals surface area (Å²) in [7, 11) is 1.53. The van der Waals surface area contributed by atoms with Crippen molar-refractivity contribution in [2.75, 3.05) is 26.8 Å². The van der Waals surface area contributed by atoms with E-state index in [1.807, 2.05) is 79.2 Å². The third-order valence-corrected chi connectivity index (χ3v) is 8.18. The summed E-state index contributed by atoms with van der Waals surface area (Å²) in [6, 6.07) is 21.7. The Bertz CT molecular complexity index is 1750. The number of hydrogen-bond donors (Lipinski definition) is 2. The van der Waals surface area contributed by atoms with Gasteiger partial charge in [-0.1, -0.05) is 24.3 Å². The van der Waals surface area contributed by atoms with Crippen molar-refractivity contribution in [1.29, 1.82) is 0 Å². The molecule has 0 radical (unpaired) electrons. The maximum atomic E-state index is 13.8. The molecule has 46 heavy (non-hydrogen) atoms. The molecule has 3 amide bonds. The smallest absolute Gasteiger partial charge is 0.258 e. The molecule has 0 spiro atoms. The zero-order valence-electron chi connectivity index (χ0n) is 26.1. The van der Waals surface area contributed by atoms with Crippen molar-refractivity contribution in [3.05, 3.63) is 101 Å². The molecule has 11 nitrogen and oxygen atoms in total. The molecule has 1 saturated heterocycles. The Hall–Kier alpha value is -5.32. The van der Waals surface area contributed by atoms with Crippen LogP contribution in [0.3, 0.4) is 0 Å². The van der Waals surface area contributed by atoms with Gasteiger partial charge in [0.2, 0.25) is 5.91 Å². The molecule has 9 rings (SSSR count). The molecule has 1 fully saturated rings. The van der Waals surface area contributed by atoms with Crippen molar-refractivity contribution in [3.63, 3.8) is 0 Å². The van der Waals surface area contributed by atoms with E-state index in [1.165, 1.54) is 7.11 Å². The molecule has 3 aromatic carbocycles. The Balaban J connectivity index is 1.23. The number of nitrogens with one attached hydrogen (secondary N) is 2. The molecule has 238 valence electrons. The van der Waals surface area contributed by atoms with E-state index < -0.39 is 12.1 Å². The van der Waals surface area contributed by atoms with Crippen LogP contribution in [0.15, 0.2) is 72.8 Å². The summed E-state index contributed by atoms with van der Waals surface area (Å²) in [4.78, 5) is 41.2. The number of methoxy groups -OCH3 is 1. The first-order valence-corrected chi connectivity index (χ1v) is 15.3. The summed E-state index contributed by atoms with van der Waals surface area (Å²) in [6.07, 6.45) is 0.215. The van der Waals surface area contributed by atoms with Crippen LogP contribution in [0.4, 0.5) is 0 Å². The summed E-state index contributed by atoms with van der Waals surface area (Å²) in [5.41, 5.74) is 4.97. The van der Waals surface area contributed by atoms with Gasteiger partial charge < -0.3 is 29.7 Å². The van der Waals surface area contributed by atoms with Gasteiger partial charge in [-0.15, -0.1) is 0 Å². The number of nitrogens with zero attached hydrogens (tertiary/aromatic N) is 3. The first-order chi connectivity index (χ1) is 22.2. The van der Waals surface area contributed by atoms with Gasteiger partial charge in [-0.2, -0.15) is 5.10 Å². The fourth-order valence-electron chi connectivity index (χ4n) is 5.82. The Morgan fingerprint density at radius 3 is 2.50 bits per heavy atom. The fraction of sp³-hybridized carbons (Fsp3) is 0.314. The number of aromatic nitrogens is 2. The van der Waals surface area contributed by atoms with Gasteiger partial charge in [-0.25, -0.2) is 4.68 Å². The lowest BCUT2D eigenvalue weighted by atomic mass is 10.1. The van der Waals surface area contributed by atoms with Crippen LogP contribution < -0.4 is 24.8 Å². The number of amides is 3. The Labute approximate surface area is 267 Å². The molecule has 2 N–H and O–H groups in total. The predicted octanol–water partition coefficient (Wildman–Crippen LogP) is 3.53. The van der Waals surface area contributed by atoms with Crippen LogP contribution in [0.1, 0.15) is 39.3 Å². The van der Waals surface area contributed by atoms with Crippen LogP contribution in [-0.2, 0) is 22.6 Å². The lowest BCUT2D eigenvalue weighted by Gasteiger charge is -2.21. The van der Waals surface area contributed by atoms with E-state index in [0.29, 0.717) is 48.9 Å². The lowest BCUT2D eigenvalue weighted by molar-refractivity contribution is -0.123. The van der Waals surface area contributed by atoms with Gasteiger partial charge in [0.1, 0.15) is 11.9 Å². The second-order valence-corrected chi connectivity index (χ2v) is 11.6. The van der Waals surface area contributed by atoms with Gasteiger partial charge in [-0.3, -0.25) is 14.4 Å². The molecule has 11 heteroatoms. The van der Waals surface area contributed by atoms with Crippen LogP contribution in [0.5, 0.6) is 17.2 Å². The number of benzene rings is 3. The number of carbonyl (C=O) groups excluding carboxylic acids is 3. The van der Waals surface area contributed by atoms with E-state index in [1.54, 1.807) is 17.0 Å². The second kappa shape index (κ2) is 13.4. The van der Waals surface area contributed by atoms with Crippen molar-refractivity contribution < 1.29 is 28.6 Å². The number of aryl methyl sites for hydroxylation is 3. The zero-order chi connectivity index (χ0) is 32.2. The quantitative estimate of drug-likeness (QED) is 0.358. The third-order valence-electron chi connectivity index (χ3n) is 8.18. The highest BCUT2D eigenvalue weighted by Gasteiger charge is 2.38. The van der Waals surface area contributed by atoms with E-state index in [4.69, 9.17) is 14.2 Å². The monoisotopic (exact) mass is 623 g/mol. The minimum absolute atomic E-state index is 0.153. The summed E-state index contributed by atoms with van der Waals surface area (Å²) < 4.78 is 19.4. The average Bonchev–Trinajstić information content (AvgIpc) is 3.62. The van der Waals surface area contributed by atoms with Crippen molar-refractivity contribution in [3.8, 4) is 22.9 Å². The van der Waals surface area contributed by atoms with Gasteiger partial charge >= 0.3 is 0 Å². The van der Waals surface area contributed by atoms with Crippen molar-refractivity contribution in [1.82, 2.24) is 25.3 Å². The van der Waals surface area contributed by atoms with Crippen LogP contribution in [0.25, 0.3) is 5.69 Å². The standard InChI is InChI=1S/C35H37N5O6/c1-22-15-23(2)40(38-22)27-6-4-5-26(17-27)35(43)39-19-29-32(20-39)46-28-11-7-25(8-12-28)18-36-34(42)21-45-30-13-9-24(16-31(30)44-3)10-14-33(41)37-29/h4-9,11-13,15-17,29,32H,10,14,18-21H2,1-3H3,(H,36,42)(H,37,41)/t29-,32-/m0/s1.